The van der Waals surface area contributed by atoms with Gasteiger partial charge in [-0.15, -0.1) is 11.3 Å². The maximum atomic E-state index is 6.03. The Bertz CT molecular complexity index is 594. The van der Waals surface area contributed by atoms with Crippen LogP contribution < -0.4 is 10.5 Å². The molecule has 0 bridgehead atoms. The van der Waals surface area contributed by atoms with Crippen molar-refractivity contribution in [3.63, 3.8) is 0 Å². The first kappa shape index (κ1) is 16.0. The summed E-state index contributed by atoms with van der Waals surface area (Å²) >= 11 is 1.84. The van der Waals surface area contributed by atoms with Gasteiger partial charge in [-0.3, -0.25) is 4.90 Å². The third kappa shape index (κ3) is 3.84. The Balaban J connectivity index is 2.16. The zero-order valence-electron chi connectivity index (χ0n) is 13.2. The van der Waals surface area contributed by atoms with Crippen molar-refractivity contribution in [2.24, 2.45) is 5.73 Å². The fourth-order valence-corrected chi connectivity index (χ4v) is 3.68. The molecule has 0 amide bonds. The van der Waals surface area contributed by atoms with Gasteiger partial charge in [-0.2, -0.15) is 0 Å². The minimum Gasteiger partial charge on any atom is -0.497 e. The van der Waals surface area contributed by atoms with Gasteiger partial charge in [-0.25, -0.2) is 0 Å². The van der Waals surface area contributed by atoms with Gasteiger partial charge in [-0.05, 0) is 50.2 Å². The SMILES string of the molecule is COc1cccc(CN(C)C(CN)c2cc(C)sc2C)c1. The molecular formula is C17H24N2OS. The third-order valence-electron chi connectivity index (χ3n) is 3.76. The van der Waals surface area contributed by atoms with Crippen LogP contribution in [0.3, 0.4) is 0 Å². The summed E-state index contributed by atoms with van der Waals surface area (Å²) in [5.74, 6) is 0.896. The molecule has 1 unspecified atom stereocenters. The van der Waals surface area contributed by atoms with Crippen LogP contribution in [0.15, 0.2) is 30.3 Å². The molecule has 1 aromatic carbocycles. The number of hydrogen-bond acceptors (Lipinski definition) is 4. The monoisotopic (exact) mass is 304 g/mol. The van der Waals surface area contributed by atoms with Crippen LogP contribution in [0, 0.1) is 13.8 Å². The van der Waals surface area contributed by atoms with Crippen LogP contribution in [0.1, 0.15) is 26.9 Å². The lowest BCUT2D eigenvalue weighted by molar-refractivity contribution is 0.241. The molecule has 1 heterocycles. The summed E-state index contributed by atoms with van der Waals surface area (Å²) in [4.78, 5) is 5.01. The minimum absolute atomic E-state index is 0.251. The van der Waals surface area contributed by atoms with E-state index in [0.29, 0.717) is 6.54 Å². The van der Waals surface area contributed by atoms with E-state index in [2.05, 4.69) is 44.0 Å². The molecule has 0 aliphatic carbocycles. The van der Waals surface area contributed by atoms with Gasteiger partial charge in [0.15, 0.2) is 0 Å². The van der Waals surface area contributed by atoms with Crippen molar-refractivity contribution in [3.8, 4) is 5.75 Å². The average molecular weight is 304 g/mol. The van der Waals surface area contributed by atoms with E-state index in [0.717, 1.165) is 12.3 Å². The zero-order valence-corrected chi connectivity index (χ0v) is 14.0. The number of nitrogens with zero attached hydrogens (tertiary/aromatic N) is 1. The quantitative estimate of drug-likeness (QED) is 0.887. The van der Waals surface area contributed by atoms with E-state index in [1.807, 2.05) is 23.5 Å². The van der Waals surface area contributed by atoms with Gasteiger partial charge in [0, 0.05) is 28.9 Å². The Labute approximate surface area is 131 Å². The van der Waals surface area contributed by atoms with E-state index in [1.54, 1.807) is 7.11 Å². The summed E-state index contributed by atoms with van der Waals surface area (Å²) < 4.78 is 5.29. The lowest BCUT2D eigenvalue weighted by atomic mass is 10.1. The van der Waals surface area contributed by atoms with E-state index in [9.17, 15) is 0 Å². The van der Waals surface area contributed by atoms with Gasteiger partial charge < -0.3 is 10.5 Å². The fourth-order valence-electron chi connectivity index (χ4n) is 2.69. The normalized spacial score (nSPS) is 12.7. The fraction of sp³-hybridized carbons (Fsp3) is 0.412. The zero-order chi connectivity index (χ0) is 15.4. The molecule has 21 heavy (non-hydrogen) atoms. The van der Waals surface area contributed by atoms with E-state index >= 15 is 0 Å². The summed E-state index contributed by atoms with van der Waals surface area (Å²) in [7, 11) is 3.83. The summed E-state index contributed by atoms with van der Waals surface area (Å²) in [5, 5.41) is 0. The Kier molecular flexibility index (Phi) is 5.39. The highest BCUT2D eigenvalue weighted by molar-refractivity contribution is 7.12. The highest BCUT2D eigenvalue weighted by Crippen LogP contribution is 2.30. The molecule has 0 spiro atoms. The summed E-state index contributed by atoms with van der Waals surface area (Å²) in [5.41, 5.74) is 8.62. The lowest BCUT2D eigenvalue weighted by Crippen LogP contribution is -2.30. The maximum Gasteiger partial charge on any atom is 0.119 e. The molecule has 0 radical (unpaired) electrons. The maximum absolute atomic E-state index is 6.03. The van der Waals surface area contributed by atoms with Gasteiger partial charge in [0.25, 0.3) is 0 Å². The number of rotatable bonds is 6. The number of ether oxygens (including phenoxy) is 1. The summed E-state index contributed by atoms with van der Waals surface area (Å²) in [6.45, 7) is 5.80. The first-order chi connectivity index (χ1) is 10.0. The van der Waals surface area contributed by atoms with Crippen LogP contribution in [0.25, 0.3) is 0 Å². The first-order valence-corrected chi connectivity index (χ1v) is 7.97. The van der Waals surface area contributed by atoms with Crippen LogP contribution in [0.2, 0.25) is 0 Å². The predicted octanol–water partition coefficient (Wildman–Crippen LogP) is 3.51. The van der Waals surface area contributed by atoms with Crippen LogP contribution in [-0.2, 0) is 6.54 Å². The second kappa shape index (κ2) is 7.07. The molecule has 1 aromatic heterocycles. The topological polar surface area (TPSA) is 38.5 Å². The molecule has 2 aromatic rings. The highest BCUT2D eigenvalue weighted by Gasteiger charge is 2.19. The standard InChI is InChI=1S/C17H24N2OS/c1-12-8-16(13(2)21-12)17(10-18)19(3)11-14-6-5-7-15(9-14)20-4/h5-9,17H,10-11,18H2,1-4H3. The number of methoxy groups -OCH3 is 1. The van der Waals surface area contributed by atoms with Crippen molar-refractivity contribution >= 4 is 11.3 Å². The Morgan fingerprint density at radius 3 is 2.62 bits per heavy atom. The molecule has 3 nitrogen and oxygen atoms in total. The van der Waals surface area contributed by atoms with Crippen molar-refractivity contribution in [2.75, 3.05) is 20.7 Å². The van der Waals surface area contributed by atoms with Gasteiger partial charge in [0.2, 0.25) is 0 Å². The number of hydrogen-bond donors (Lipinski definition) is 1. The Morgan fingerprint density at radius 1 is 1.29 bits per heavy atom. The van der Waals surface area contributed by atoms with Crippen molar-refractivity contribution in [2.45, 2.75) is 26.4 Å². The van der Waals surface area contributed by atoms with Gasteiger partial charge in [0.05, 0.1) is 7.11 Å². The third-order valence-corrected chi connectivity index (χ3v) is 4.74. The Hall–Kier alpha value is -1.36. The molecule has 114 valence electrons. The lowest BCUT2D eigenvalue weighted by Gasteiger charge is -2.27. The van der Waals surface area contributed by atoms with Crippen molar-refractivity contribution in [1.29, 1.82) is 0 Å². The van der Waals surface area contributed by atoms with Crippen LogP contribution in [0.4, 0.5) is 0 Å². The first-order valence-electron chi connectivity index (χ1n) is 7.15. The van der Waals surface area contributed by atoms with E-state index in [4.69, 9.17) is 10.5 Å². The second-order valence-corrected chi connectivity index (χ2v) is 6.85. The second-order valence-electron chi connectivity index (χ2n) is 5.39. The summed E-state index contributed by atoms with van der Waals surface area (Å²) in [6, 6.07) is 10.7. The number of aryl methyl sites for hydroxylation is 2. The number of thiophene rings is 1. The molecule has 1 atom stereocenters. The number of likely N-dealkylation sites (N-methyl/N-ethyl adjacent to an activating group) is 1. The molecule has 0 saturated heterocycles. The predicted molar refractivity (Wildman–Crippen MR) is 90.0 cm³/mol. The largest absolute Gasteiger partial charge is 0.497 e. The molecule has 0 aliphatic rings. The molecule has 0 fully saturated rings. The van der Waals surface area contributed by atoms with Gasteiger partial charge in [-0.1, -0.05) is 12.1 Å². The van der Waals surface area contributed by atoms with E-state index in [1.165, 1.54) is 20.9 Å². The van der Waals surface area contributed by atoms with Gasteiger partial charge >= 0.3 is 0 Å². The molecule has 0 saturated carbocycles. The van der Waals surface area contributed by atoms with Crippen LogP contribution in [0.5, 0.6) is 5.75 Å². The minimum atomic E-state index is 0.251. The van der Waals surface area contributed by atoms with E-state index < -0.39 is 0 Å². The van der Waals surface area contributed by atoms with E-state index in [-0.39, 0.29) is 6.04 Å². The average Bonchev–Trinajstić information content (AvgIpc) is 2.79. The summed E-state index contributed by atoms with van der Waals surface area (Å²) in [6.07, 6.45) is 0. The molecule has 2 N–H and O–H groups in total. The number of benzene rings is 1. The van der Waals surface area contributed by atoms with Crippen LogP contribution in [-0.4, -0.2) is 25.6 Å². The highest BCUT2D eigenvalue weighted by atomic mass is 32.1. The number of nitrogens with two attached hydrogens (primary N) is 1. The molecule has 0 aliphatic heterocycles. The molecular weight excluding hydrogens is 280 g/mol. The molecule has 2 rings (SSSR count). The Morgan fingerprint density at radius 2 is 2.05 bits per heavy atom. The van der Waals surface area contributed by atoms with Crippen molar-refractivity contribution in [1.82, 2.24) is 4.90 Å². The van der Waals surface area contributed by atoms with Crippen molar-refractivity contribution < 1.29 is 4.74 Å². The smallest absolute Gasteiger partial charge is 0.119 e. The van der Waals surface area contributed by atoms with Crippen LogP contribution >= 0.6 is 11.3 Å². The van der Waals surface area contributed by atoms with Gasteiger partial charge in [0.1, 0.15) is 5.75 Å². The van der Waals surface area contributed by atoms with Crippen molar-refractivity contribution in [3.05, 3.63) is 51.2 Å². The molecule has 4 heteroatoms.